The zero-order chi connectivity index (χ0) is 19.4. The van der Waals surface area contributed by atoms with Gasteiger partial charge in [-0.05, 0) is 50.2 Å². The van der Waals surface area contributed by atoms with Crippen LogP contribution in [0.4, 0.5) is 11.4 Å². The van der Waals surface area contributed by atoms with Gasteiger partial charge in [0.1, 0.15) is 0 Å². The number of nitrogen functional groups attached to an aromatic ring is 1. The van der Waals surface area contributed by atoms with E-state index in [0.717, 1.165) is 11.4 Å². The first kappa shape index (κ1) is 18.2. The maximum atomic E-state index is 12.2. The van der Waals surface area contributed by atoms with E-state index in [1.807, 2.05) is 44.2 Å². The van der Waals surface area contributed by atoms with Gasteiger partial charge in [-0.15, -0.1) is 0 Å². The normalized spacial score (nSPS) is 10.4. The van der Waals surface area contributed by atoms with Crippen LogP contribution in [-0.4, -0.2) is 28.3 Å². The molecule has 3 N–H and O–H groups in total. The molecule has 3 aromatic rings. The molecule has 0 bridgehead atoms. The molecule has 1 heterocycles. The van der Waals surface area contributed by atoms with E-state index in [-0.39, 0.29) is 0 Å². The summed E-state index contributed by atoms with van der Waals surface area (Å²) in [6.07, 6.45) is 0. The van der Waals surface area contributed by atoms with Gasteiger partial charge >= 0.3 is 5.97 Å². The number of anilines is 2. The number of hydrogen-bond acceptors (Lipinski definition) is 5. The van der Waals surface area contributed by atoms with Crippen LogP contribution in [0.3, 0.4) is 0 Å². The summed E-state index contributed by atoms with van der Waals surface area (Å²) < 4.78 is 6.81. The molecular formula is C20H20N4O3. The molecule has 27 heavy (non-hydrogen) atoms. The Labute approximate surface area is 156 Å². The third kappa shape index (κ3) is 4.14. The predicted octanol–water partition coefficient (Wildman–Crippen LogP) is 2.87. The van der Waals surface area contributed by atoms with Gasteiger partial charge in [0.2, 0.25) is 0 Å². The molecule has 0 saturated carbocycles. The summed E-state index contributed by atoms with van der Waals surface area (Å²) in [5.74, 6) is -1.02. The zero-order valence-electron chi connectivity index (χ0n) is 15.1. The second kappa shape index (κ2) is 7.74. The van der Waals surface area contributed by atoms with Gasteiger partial charge in [-0.3, -0.25) is 4.79 Å². The molecule has 0 aliphatic heterocycles. The number of carbonyl (C=O) groups is 2. The molecule has 0 spiro atoms. The number of nitrogens with one attached hydrogen (secondary N) is 1. The number of benzene rings is 2. The highest BCUT2D eigenvalue weighted by Gasteiger charge is 2.16. The van der Waals surface area contributed by atoms with Crippen molar-refractivity contribution in [3.05, 3.63) is 71.5 Å². The zero-order valence-corrected chi connectivity index (χ0v) is 15.1. The van der Waals surface area contributed by atoms with E-state index < -0.39 is 18.5 Å². The maximum absolute atomic E-state index is 12.2. The smallest absolute Gasteiger partial charge is 0.338 e. The summed E-state index contributed by atoms with van der Waals surface area (Å²) in [5.41, 5.74) is 9.43. The highest BCUT2D eigenvalue weighted by molar-refractivity contribution is 5.96. The Kier molecular flexibility index (Phi) is 5.21. The topological polar surface area (TPSA) is 99.2 Å². The number of para-hydroxylation sites is 1. The molecule has 1 aromatic heterocycles. The number of rotatable bonds is 5. The Morgan fingerprint density at radius 1 is 1.07 bits per heavy atom. The van der Waals surface area contributed by atoms with Crippen LogP contribution in [0, 0.1) is 13.8 Å². The number of nitrogens with zero attached hydrogens (tertiary/aromatic N) is 2. The molecular weight excluding hydrogens is 344 g/mol. The standard InChI is InChI=1S/C20H20N4O3/c1-13-19(14(2)24(23-13)17-6-4-3-5-7-17)22-18(25)12-27-20(26)15-8-10-16(21)11-9-15/h3-11H,12,21H2,1-2H3,(H,22,25). The van der Waals surface area contributed by atoms with Crippen LogP contribution in [0.25, 0.3) is 5.69 Å². The molecule has 7 nitrogen and oxygen atoms in total. The van der Waals surface area contributed by atoms with E-state index >= 15 is 0 Å². The molecule has 0 saturated heterocycles. The van der Waals surface area contributed by atoms with Gasteiger partial charge in [-0.25, -0.2) is 9.48 Å². The molecule has 0 fully saturated rings. The number of nitrogens with two attached hydrogens (primary N) is 1. The Balaban J connectivity index is 1.65. The van der Waals surface area contributed by atoms with Crippen LogP contribution in [0.1, 0.15) is 21.7 Å². The summed E-state index contributed by atoms with van der Waals surface area (Å²) in [7, 11) is 0. The summed E-state index contributed by atoms with van der Waals surface area (Å²) in [4.78, 5) is 24.2. The number of aromatic nitrogens is 2. The Morgan fingerprint density at radius 2 is 1.74 bits per heavy atom. The third-order valence-electron chi connectivity index (χ3n) is 4.04. The Morgan fingerprint density at radius 3 is 2.41 bits per heavy atom. The number of hydrogen-bond donors (Lipinski definition) is 2. The Bertz CT molecular complexity index is 963. The number of ether oxygens (including phenoxy) is 1. The number of carbonyl (C=O) groups excluding carboxylic acids is 2. The summed E-state index contributed by atoms with van der Waals surface area (Å²) in [5, 5.41) is 7.23. The monoisotopic (exact) mass is 364 g/mol. The molecule has 0 atom stereocenters. The van der Waals surface area contributed by atoms with Crippen LogP contribution in [0.2, 0.25) is 0 Å². The van der Waals surface area contributed by atoms with Crippen molar-refractivity contribution in [3.8, 4) is 5.69 Å². The minimum absolute atomic E-state index is 0.334. The lowest BCUT2D eigenvalue weighted by Crippen LogP contribution is -2.21. The average molecular weight is 364 g/mol. The van der Waals surface area contributed by atoms with Gasteiger partial charge in [0.05, 0.1) is 28.3 Å². The minimum Gasteiger partial charge on any atom is -0.452 e. The fraction of sp³-hybridized carbons (Fsp3) is 0.150. The van der Waals surface area contributed by atoms with E-state index in [1.54, 1.807) is 28.9 Å². The number of amides is 1. The summed E-state index contributed by atoms with van der Waals surface area (Å²) in [6, 6.07) is 15.9. The largest absolute Gasteiger partial charge is 0.452 e. The van der Waals surface area contributed by atoms with Crippen LogP contribution >= 0.6 is 0 Å². The molecule has 2 aromatic carbocycles. The number of esters is 1. The van der Waals surface area contributed by atoms with Crippen molar-refractivity contribution in [1.82, 2.24) is 9.78 Å². The highest BCUT2D eigenvalue weighted by Crippen LogP contribution is 2.22. The molecule has 7 heteroatoms. The third-order valence-corrected chi connectivity index (χ3v) is 4.04. The van der Waals surface area contributed by atoms with Gasteiger partial charge in [0.15, 0.2) is 6.61 Å². The fourth-order valence-corrected chi connectivity index (χ4v) is 2.65. The van der Waals surface area contributed by atoms with E-state index in [2.05, 4.69) is 10.4 Å². The van der Waals surface area contributed by atoms with E-state index in [0.29, 0.717) is 22.6 Å². The van der Waals surface area contributed by atoms with E-state index in [4.69, 9.17) is 10.5 Å². The molecule has 0 radical (unpaired) electrons. The van der Waals surface area contributed by atoms with Crippen molar-refractivity contribution in [2.75, 3.05) is 17.7 Å². The van der Waals surface area contributed by atoms with Gasteiger partial charge in [-0.2, -0.15) is 5.10 Å². The van der Waals surface area contributed by atoms with E-state index in [9.17, 15) is 9.59 Å². The molecule has 138 valence electrons. The van der Waals surface area contributed by atoms with Crippen LogP contribution in [0.5, 0.6) is 0 Å². The van der Waals surface area contributed by atoms with Gasteiger partial charge in [-0.1, -0.05) is 18.2 Å². The lowest BCUT2D eigenvalue weighted by molar-refractivity contribution is -0.119. The van der Waals surface area contributed by atoms with Crippen molar-refractivity contribution >= 4 is 23.3 Å². The second-order valence-corrected chi connectivity index (χ2v) is 6.04. The quantitative estimate of drug-likeness (QED) is 0.536. The minimum atomic E-state index is -0.585. The van der Waals surface area contributed by atoms with Gasteiger partial charge in [0, 0.05) is 5.69 Å². The van der Waals surface area contributed by atoms with E-state index in [1.165, 1.54) is 0 Å². The van der Waals surface area contributed by atoms with Gasteiger partial charge in [0.25, 0.3) is 5.91 Å². The maximum Gasteiger partial charge on any atom is 0.338 e. The van der Waals surface area contributed by atoms with Crippen molar-refractivity contribution < 1.29 is 14.3 Å². The second-order valence-electron chi connectivity index (χ2n) is 6.04. The predicted molar refractivity (Wildman–Crippen MR) is 103 cm³/mol. The first-order valence-corrected chi connectivity index (χ1v) is 8.40. The lowest BCUT2D eigenvalue weighted by Gasteiger charge is -2.08. The highest BCUT2D eigenvalue weighted by atomic mass is 16.5. The molecule has 1 amide bonds. The first-order chi connectivity index (χ1) is 13.0. The molecule has 0 aliphatic rings. The fourth-order valence-electron chi connectivity index (χ4n) is 2.65. The van der Waals surface area contributed by atoms with Gasteiger partial charge < -0.3 is 15.8 Å². The van der Waals surface area contributed by atoms with Crippen LogP contribution < -0.4 is 11.1 Å². The summed E-state index contributed by atoms with van der Waals surface area (Å²) in [6.45, 7) is 3.28. The average Bonchev–Trinajstić information content (AvgIpc) is 2.95. The van der Waals surface area contributed by atoms with Crippen molar-refractivity contribution in [1.29, 1.82) is 0 Å². The Hall–Kier alpha value is -3.61. The SMILES string of the molecule is Cc1nn(-c2ccccc2)c(C)c1NC(=O)COC(=O)c1ccc(N)cc1. The summed E-state index contributed by atoms with van der Waals surface area (Å²) >= 11 is 0. The molecule has 3 rings (SSSR count). The number of aryl methyl sites for hydroxylation is 1. The molecule has 0 aliphatic carbocycles. The lowest BCUT2D eigenvalue weighted by atomic mass is 10.2. The van der Waals surface area contributed by atoms with Crippen molar-refractivity contribution in [2.24, 2.45) is 0 Å². The van der Waals surface area contributed by atoms with Crippen LogP contribution in [-0.2, 0) is 9.53 Å². The molecule has 0 unspecified atom stereocenters. The van der Waals surface area contributed by atoms with Crippen molar-refractivity contribution in [3.63, 3.8) is 0 Å². The first-order valence-electron chi connectivity index (χ1n) is 8.40. The van der Waals surface area contributed by atoms with Crippen LogP contribution in [0.15, 0.2) is 54.6 Å². The van der Waals surface area contributed by atoms with Crippen molar-refractivity contribution in [2.45, 2.75) is 13.8 Å².